The maximum absolute atomic E-state index is 10.4. The molecule has 1 N–H and O–H groups in total. The lowest BCUT2D eigenvalue weighted by atomic mass is 10.6. The molecule has 0 aromatic heterocycles. The molecule has 0 atom stereocenters. The highest BCUT2D eigenvalue weighted by atomic mass is 16.6. The van der Waals surface area contributed by atoms with Gasteiger partial charge in [0.2, 0.25) is 0 Å². The van der Waals surface area contributed by atoms with Crippen LogP contribution in [-0.4, -0.2) is 36.9 Å². The average Bonchev–Trinajstić information content (AvgIpc) is 2.04. The minimum absolute atomic E-state index is 0.144. The molecule has 0 aliphatic carbocycles. The third kappa shape index (κ3) is 6.73. The van der Waals surface area contributed by atoms with Crippen LogP contribution < -0.4 is 0 Å². The Kier molecular flexibility index (Phi) is 6.22. The number of esters is 1. The van der Waals surface area contributed by atoms with Gasteiger partial charge in [0.05, 0.1) is 6.61 Å². The van der Waals surface area contributed by atoms with Gasteiger partial charge in [0, 0.05) is 6.08 Å². The fraction of sp³-hybridized carbons (Fsp3) is 0.429. The molecule has 0 unspecified atom stereocenters. The summed E-state index contributed by atoms with van der Waals surface area (Å²) in [6, 6.07) is 0. The number of rotatable bonds is 6. The lowest BCUT2D eigenvalue weighted by Crippen LogP contribution is -2.09. The van der Waals surface area contributed by atoms with E-state index in [1.54, 1.807) is 0 Å². The van der Waals surface area contributed by atoms with Crippen LogP contribution in [0.3, 0.4) is 0 Å². The van der Waals surface area contributed by atoms with Crippen molar-refractivity contribution in [1.29, 1.82) is 0 Å². The van der Waals surface area contributed by atoms with E-state index < -0.39 is 5.97 Å². The lowest BCUT2D eigenvalue weighted by molar-refractivity contribution is -0.139. The second-order valence-corrected chi connectivity index (χ2v) is 1.63. The fourth-order valence-electron chi connectivity index (χ4n) is 0.396. The Hall–Kier alpha value is -1.16. The molecule has 11 heavy (non-hydrogen) atoms. The van der Waals surface area contributed by atoms with Crippen molar-refractivity contribution in [2.45, 2.75) is 0 Å². The van der Waals surface area contributed by atoms with Gasteiger partial charge in [-0.2, -0.15) is 0 Å². The molecule has 0 rings (SSSR count). The summed E-state index contributed by atoms with van der Waals surface area (Å²) in [4.78, 5) is 18.5. The first-order valence-electron chi connectivity index (χ1n) is 3.14. The van der Waals surface area contributed by atoms with Crippen LogP contribution in [0.25, 0.3) is 0 Å². The minimum Gasteiger partial charge on any atom is -0.460 e. The number of carbonyl (C=O) groups excluding carboxylic acids is 2. The molecule has 0 radical (unpaired) electrons. The first-order valence-corrected chi connectivity index (χ1v) is 3.14. The Labute approximate surface area is 64.8 Å². The van der Waals surface area contributed by atoms with Crippen LogP contribution in [0.1, 0.15) is 0 Å². The molecule has 4 nitrogen and oxygen atoms in total. The second-order valence-electron chi connectivity index (χ2n) is 1.63. The van der Waals surface area contributed by atoms with E-state index in [0.29, 0.717) is 0 Å². The van der Waals surface area contributed by atoms with E-state index in [-0.39, 0.29) is 19.8 Å². The largest absolute Gasteiger partial charge is 0.460 e. The standard InChI is InChI=1S/C7H10O4/c1-2-7(9)11-6-5-10-4-3-8/h2-3H,1,4-6H2/p+1. The van der Waals surface area contributed by atoms with E-state index in [9.17, 15) is 4.79 Å². The van der Waals surface area contributed by atoms with Crippen LogP contribution >= 0.6 is 0 Å². The normalized spacial score (nSPS) is 8.73. The van der Waals surface area contributed by atoms with E-state index >= 15 is 0 Å². The highest BCUT2D eigenvalue weighted by Gasteiger charge is 1.94. The van der Waals surface area contributed by atoms with E-state index in [4.69, 9.17) is 9.53 Å². The van der Waals surface area contributed by atoms with Crippen LogP contribution in [0, 0.1) is 0 Å². The second kappa shape index (κ2) is 6.95. The van der Waals surface area contributed by atoms with Gasteiger partial charge in [0.25, 0.3) is 0 Å². The summed E-state index contributed by atoms with van der Waals surface area (Å²) in [6.45, 7) is 3.81. The Bertz CT molecular complexity index is 141. The van der Waals surface area contributed by atoms with E-state index in [1.165, 1.54) is 0 Å². The van der Waals surface area contributed by atoms with Crippen molar-refractivity contribution in [2.24, 2.45) is 0 Å². The van der Waals surface area contributed by atoms with Crippen molar-refractivity contribution >= 4 is 12.3 Å². The topological polar surface area (TPSA) is 56.9 Å². The molecule has 0 saturated carbocycles. The number of aldehydes is 1. The highest BCUT2D eigenvalue weighted by molar-refractivity contribution is 5.81. The minimum atomic E-state index is -0.471. The van der Waals surface area contributed by atoms with Crippen molar-refractivity contribution < 1.29 is 19.1 Å². The Morgan fingerprint density at radius 3 is 2.82 bits per heavy atom. The fourth-order valence-corrected chi connectivity index (χ4v) is 0.396. The van der Waals surface area contributed by atoms with Crippen molar-refractivity contribution in [3.05, 3.63) is 12.7 Å². The summed E-state index contributed by atoms with van der Waals surface area (Å²) in [5.41, 5.74) is 0. The lowest BCUT2D eigenvalue weighted by Gasteiger charge is -1.99. The van der Waals surface area contributed by atoms with Gasteiger partial charge < -0.3 is 9.47 Å². The van der Waals surface area contributed by atoms with Crippen LogP contribution in [0.15, 0.2) is 12.7 Å². The van der Waals surface area contributed by atoms with Crippen molar-refractivity contribution in [1.82, 2.24) is 0 Å². The summed E-state index contributed by atoms with van der Waals surface area (Å²) in [5.74, 6) is -0.471. The summed E-state index contributed by atoms with van der Waals surface area (Å²) in [7, 11) is 0. The predicted molar refractivity (Wildman–Crippen MR) is 40.0 cm³/mol. The average molecular weight is 159 g/mol. The monoisotopic (exact) mass is 159 g/mol. The summed E-state index contributed by atoms with van der Waals surface area (Å²) in [5, 5.41) is 0. The van der Waals surface area contributed by atoms with E-state index in [2.05, 4.69) is 11.3 Å². The maximum atomic E-state index is 10.4. The third-order valence-corrected chi connectivity index (χ3v) is 0.831. The summed E-state index contributed by atoms with van der Waals surface area (Å²) in [6.07, 6.45) is 1.97. The molecule has 0 heterocycles. The number of hydrogen-bond donors (Lipinski definition) is 0. The van der Waals surface area contributed by atoms with Gasteiger partial charge in [-0.25, -0.2) is 4.79 Å². The smallest absolute Gasteiger partial charge is 0.330 e. The molecule has 0 aromatic rings. The molecular weight excluding hydrogens is 148 g/mol. The molecule has 0 fully saturated rings. The molecule has 4 heteroatoms. The summed E-state index contributed by atoms with van der Waals surface area (Å²) >= 11 is 0. The van der Waals surface area contributed by atoms with Gasteiger partial charge in [0.1, 0.15) is 6.61 Å². The Morgan fingerprint density at radius 1 is 1.55 bits per heavy atom. The van der Waals surface area contributed by atoms with Gasteiger partial charge in [-0.15, -0.1) is 0 Å². The number of carbonyl (C=O) groups is 1. The van der Waals surface area contributed by atoms with Gasteiger partial charge in [-0.1, -0.05) is 6.58 Å². The van der Waals surface area contributed by atoms with Crippen LogP contribution in [-0.2, 0) is 14.3 Å². The molecular formula is C7H11O4+. The molecule has 0 aliphatic rings. The molecule has 62 valence electrons. The molecule has 0 saturated heterocycles. The SMILES string of the molecule is C=CC(=O)OCCOCC=[OH+]. The zero-order chi connectivity index (χ0) is 8.53. The third-order valence-electron chi connectivity index (χ3n) is 0.831. The Balaban J connectivity index is 3.07. The number of hydrogen-bond acceptors (Lipinski definition) is 3. The van der Waals surface area contributed by atoms with Crippen LogP contribution in [0.4, 0.5) is 0 Å². The molecule has 0 spiro atoms. The van der Waals surface area contributed by atoms with Crippen LogP contribution in [0.5, 0.6) is 0 Å². The van der Waals surface area contributed by atoms with Gasteiger partial charge in [-0.3, -0.25) is 4.79 Å². The van der Waals surface area contributed by atoms with E-state index in [0.717, 1.165) is 12.4 Å². The quantitative estimate of drug-likeness (QED) is 0.179. The molecule has 0 aromatic carbocycles. The molecule has 0 amide bonds. The van der Waals surface area contributed by atoms with Gasteiger partial charge >= 0.3 is 12.3 Å². The highest BCUT2D eigenvalue weighted by Crippen LogP contribution is 1.79. The summed E-state index contributed by atoms with van der Waals surface area (Å²) < 4.78 is 9.32. The zero-order valence-electron chi connectivity index (χ0n) is 6.16. The predicted octanol–water partition coefficient (Wildman–Crippen LogP) is -0.0931. The first kappa shape index (κ1) is 9.84. The van der Waals surface area contributed by atoms with Gasteiger partial charge in [-0.05, 0) is 0 Å². The zero-order valence-corrected chi connectivity index (χ0v) is 6.16. The van der Waals surface area contributed by atoms with E-state index in [1.807, 2.05) is 0 Å². The van der Waals surface area contributed by atoms with Crippen molar-refractivity contribution in [3.63, 3.8) is 0 Å². The first-order chi connectivity index (χ1) is 5.31. The number of ether oxygens (including phenoxy) is 2. The molecule has 0 aliphatic heterocycles. The van der Waals surface area contributed by atoms with Crippen LogP contribution in [0.2, 0.25) is 0 Å². The Morgan fingerprint density at radius 2 is 2.27 bits per heavy atom. The van der Waals surface area contributed by atoms with Crippen molar-refractivity contribution in [3.8, 4) is 0 Å². The van der Waals surface area contributed by atoms with Crippen molar-refractivity contribution in [2.75, 3.05) is 19.8 Å². The molecule has 0 bridgehead atoms. The van der Waals surface area contributed by atoms with Gasteiger partial charge in [0.15, 0.2) is 6.61 Å². The maximum Gasteiger partial charge on any atom is 0.330 e.